The minimum atomic E-state index is 0.968. The minimum absolute atomic E-state index is 0.968. The van der Waals surface area contributed by atoms with Crippen LogP contribution in [0.3, 0.4) is 0 Å². The summed E-state index contributed by atoms with van der Waals surface area (Å²) < 4.78 is 2.91. The highest BCUT2D eigenvalue weighted by Crippen LogP contribution is 2.13. The number of rotatable bonds is 3. The molecule has 0 bridgehead atoms. The molecule has 1 rings (SSSR count). The van der Waals surface area contributed by atoms with Gasteiger partial charge in [0.25, 0.3) is 0 Å². The van der Waals surface area contributed by atoms with Crippen LogP contribution >= 0.6 is 15.9 Å². The molecular formula is C7H12BrN3. The fourth-order valence-corrected chi connectivity index (χ4v) is 1.49. The van der Waals surface area contributed by atoms with E-state index >= 15 is 0 Å². The Morgan fingerprint density at radius 3 is 2.91 bits per heavy atom. The number of aryl methyl sites for hydroxylation is 1. The molecule has 0 amide bonds. The summed E-state index contributed by atoms with van der Waals surface area (Å²) in [7, 11) is 3.87. The molecule has 62 valence electrons. The number of likely N-dealkylation sites (N-methyl/N-ethyl adjacent to an activating group) is 1. The van der Waals surface area contributed by atoms with E-state index in [0.717, 1.165) is 23.1 Å². The quantitative estimate of drug-likeness (QED) is 0.818. The largest absolute Gasteiger partial charge is 0.319 e. The first-order valence-electron chi connectivity index (χ1n) is 3.56. The molecule has 1 aromatic heterocycles. The van der Waals surface area contributed by atoms with E-state index in [2.05, 4.69) is 26.3 Å². The Kier molecular flexibility index (Phi) is 3.08. The van der Waals surface area contributed by atoms with Crippen molar-refractivity contribution in [1.82, 2.24) is 15.1 Å². The van der Waals surface area contributed by atoms with Crippen LogP contribution < -0.4 is 5.32 Å². The van der Waals surface area contributed by atoms with Gasteiger partial charge in [-0.1, -0.05) is 0 Å². The maximum Gasteiger partial charge on any atom is 0.0779 e. The van der Waals surface area contributed by atoms with Gasteiger partial charge in [-0.15, -0.1) is 0 Å². The molecule has 0 saturated carbocycles. The molecule has 1 aromatic rings. The second kappa shape index (κ2) is 3.88. The van der Waals surface area contributed by atoms with Crippen LogP contribution in [0.15, 0.2) is 10.7 Å². The van der Waals surface area contributed by atoms with E-state index in [1.165, 1.54) is 0 Å². The van der Waals surface area contributed by atoms with E-state index in [-0.39, 0.29) is 0 Å². The lowest BCUT2D eigenvalue weighted by atomic mass is 10.3. The van der Waals surface area contributed by atoms with Crippen LogP contribution in [0.5, 0.6) is 0 Å². The van der Waals surface area contributed by atoms with E-state index in [1.807, 2.05) is 25.0 Å². The van der Waals surface area contributed by atoms with Gasteiger partial charge in [0.2, 0.25) is 0 Å². The third kappa shape index (κ3) is 2.31. The zero-order chi connectivity index (χ0) is 8.27. The zero-order valence-corrected chi connectivity index (χ0v) is 8.35. The molecule has 11 heavy (non-hydrogen) atoms. The molecule has 0 spiro atoms. The average Bonchev–Trinajstić information content (AvgIpc) is 2.26. The van der Waals surface area contributed by atoms with Crippen molar-refractivity contribution in [3.05, 3.63) is 16.4 Å². The number of aromatic nitrogens is 2. The zero-order valence-electron chi connectivity index (χ0n) is 6.76. The highest BCUT2D eigenvalue weighted by Gasteiger charge is 2.02. The maximum atomic E-state index is 4.28. The van der Waals surface area contributed by atoms with Crippen molar-refractivity contribution < 1.29 is 0 Å². The normalized spacial score (nSPS) is 10.5. The first kappa shape index (κ1) is 8.74. The molecule has 4 heteroatoms. The van der Waals surface area contributed by atoms with Crippen molar-refractivity contribution in [2.24, 2.45) is 7.05 Å². The summed E-state index contributed by atoms with van der Waals surface area (Å²) in [5.74, 6) is 0. The molecule has 0 aliphatic carbocycles. The molecule has 3 nitrogen and oxygen atoms in total. The van der Waals surface area contributed by atoms with Crippen LogP contribution in [0.1, 0.15) is 5.69 Å². The van der Waals surface area contributed by atoms with Gasteiger partial charge < -0.3 is 5.32 Å². The Morgan fingerprint density at radius 2 is 2.45 bits per heavy atom. The molecule has 1 N–H and O–H groups in total. The summed E-state index contributed by atoms with van der Waals surface area (Å²) >= 11 is 3.44. The van der Waals surface area contributed by atoms with Gasteiger partial charge in [0, 0.05) is 26.2 Å². The van der Waals surface area contributed by atoms with Crippen molar-refractivity contribution >= 4 is 15.9 Å². The minimum Gasteiger partial charge on any atom is -0.319 e. The second-order valence-electron chi connectivity index (χ2n) is 2.45. The summed E-state index contributed by atoms with van der Waals surface area (Å²) in [6.07, 6.45) is 2.93. The Morgan fingerprint density at radius 1 is 1.73 bits per heavy atom. The first-order valence-corrected chi connectivity index (χ1v) is 4.36. The van der Waals surface area contributed by atoms with Crippen molar-refractivity contribution in [1.29, 1.82) is 0 Å². The summed E-state index contributed by atoms with van der Waals surface area (Å²) in [6, 6.07) is 0. The van der Waals surface area contributed by atoms with Gasteiger partial charge >= 0.3 is 0 Å². The topological polar surface area (TPSA) is 29.9 Å². The van der Waals surface area contributed by atoms with Crippen molar-refractivity contribution in [2.75, 3.05) is 13.6 Å². The summed E-state index contributed by atoms with van der Waals surface area (Å²) in [6.45, 7) is 0.968. The van der Waals surface area contributed by atoms with E-state index in [1.54, 1.807) is 0 Å². The average molecular weight is 218 g/mol. The number of nitrogens with one attached hydrogen (secondary N) is 1. The molecule has 0 aromatic carbocycles. The van der Waals surface area contributed by atoms with Crippen molar-refractivity contribution in [3.63, 3.8) is 0 Å². The Hall–Kier alpha value is -0.350. The van der Waals surface area contributed by atoms with Gasteiger partial charge in [0.1, 0.15) is 0 Å². The van der Waals surface area contributed by atoms with E-state index in [4.69, 9.17) is 0 Å². The maximum absolute atomic E-state index is 4.28. The molecule has 0 fully saturated rings. The highest BCUT2D eigenvalue weighted by atomic mass is 79.9. The molecular weight excluding hydrogens is 206 g/mol. The Balaban J connectivity index is 2.62. The summed E-state index contributed by atoms with van der Waals surface area (Å²) in [4.78, 5) is 0. The van der Waals surface area contributed by atoms with E-state index in [9.17, 15) is 0 Å². The van der Waals surface area contributed by atoms with E-state index in [0.29, 0.717) is 0 Å². The van der Waals surface area contributed by atoms with Gasteiger partial charge in [-0.2, -0.15) is 5.10 Å². The molecule has 0 unspecified atom stereocenters. The highest BCUT2D eigenvalue weighted by molar-refractivity contribution is 9.10. The summed E-state index contributed by atoms with van der Waals surface area (Å²) in [5.41, 5.74) is 1.11. The predicted octanol–water partition coefficient (Wildman–Crippen LogP) is 0.944. The molecule has 0 atom stereocenters. The van der Waals surface area contributed by atoms with Gasteiger partial charge in [0.15, 0.2) is 0 Å². The third-order valence-electron chi connectivity index (χ3n) is 1.47. The predicted molar refractivity (Wildman–Crippen MR) is 48.5 cm³/mol. The van der Waals surface area contributed by atoms with Crippen LogP contribution in [0.2, 0.25) is 0 Å². The number of nitrogens with zero attached hydrogens (tertiary/aromatic N) is 2. The number of hydrogen-bond acceptors (Lipinski definition) is 2. The SMILES string of the molecule is CNCCc1nn(C)cc1Br. The van der Waals surface area contributed by atoms with E-state index < -0.39 is 0 Å². The lowest BCUT2D eigenvalue weighted by molar-refractivity contribution is 0.716. The molecule has 1 heterocycles. The number of halogens is 1. The van der Waals surface area contributed by atoms with Crippen LogP contribution in [-0.4, -0.2) is 23.4 Å². The first-order chi connectivity index (χ1) is 5.24. The van der Waals surface area contributed by atoms with Gasteiger partial charge in [-0.25, -0.2) is 0 Å². The van der Waals surface area contributed by atoms with Crippen LogP contribution in [0.4, 0.5) is 0 Å². The monoisotopic (exact) mass is 217 g/mol. The fraction of sp³-hybridized carbons (Fsp3) is 0.571. The van der Waals surface area contributed by atoms with Crippen LogP contribution in [-0.2, 0) is 13.5 Å². The molecule has 0 radical (unpaired) electrons. The molecule has 0 aliphatic heterocycles. The van der Waals surface area contributed by atoms with Crippen LogP contribution in [0, 0.1) is 0 Å². The number of hydrogen-bond donors (Lipinski definition) is 1. The van der Waals surface area contributed by atoms with Crippen LogP contribution in [0.25, 0.3) is 0 Å². The smallest absolute Gasteiger partial charge is 0.0779 e. The van der Waals surface area contributed by atoms with Gasteiger partial charge in [-0.05, 0) is 23.0 Å². The third-order valence-corrected chi connectivity index (χ3v) is 2.13. The molecule has 0 saturated heterocycles. The van der Waals surface area contributed by atoms with Crippen molar-refractivity contribution in [2.45, 2.75) is 6.42 Å². The van der Waals surface area contributed by atoms with Gasteiger partial charge in [-0.3, -0.25) is 4.68 Å². The second-order valence-corrected chi connectivity index (χ2v) is 3.31. The van der Waals surface area contributed by atoms with Gasteiger partial charge in [0.05, 0.1) is 10.2 Å². The summed E-state index contributed by atoms with van der Waals surface area (Å²) in [5, 5.41) is 7.36. The Labute approximate surface area is 74.9 Å². The Bertz CT molecular complexity index is 232. The standard InChI is InChI=1S/C7H12BrN3/c1-9-4-3-7-6(8)5-11(2)10-7/h5,9H,3-4H2,1-2H3. The molecule has 0 aliphatic rings. The lowest BCUT2D eigenvalue weighted by Gasteiger charge is -1.94. The van der Waals surface area contributed by atoms with Crippen molar-refractivity contribution in [3.8, 4) is 0 Å². The fourth-order valence-electron chi connectivity index (χ4n) is 0.918. The lowest BCUT2D eigenvalue weighted by Crippen LogP contribution is -2.11.